The largest absolute Gasteiger partial charge is 0.310 e. The number of hydrogen-bond donors (Lipinski definition) is 1. The van der Waals surface area contributed by atoms with Crippen LogP contribution in [0.5, 0.6) is 0 Å². The number of benzene rings is 1. The van der Waals surface area contributed by atoms with Gasteiger partial charge in [-0.25, -0.2) is 0 Å². The molecule has 0 aromatic heterocycles. The van der Waals surface area contributed by atoms with Gasteiger partial charge < -0.3 is 5.32 Å². The van der Waals surface area contributed by atoms with E-state index in [1.165, 1.54) is 62.9 Å². The summed E-state index contributed by atoms with van der Waals surface area (Å²) in [5.74, 6) is 0.628. The van der Waals surface area contributed by atoms with Gasteiger partial charge in [0.1, 0.15) is 0 Å². The second-order valence-electron chi connectivity index (χ2n) is 7.37. The molecule has 0 amide bonds. The van der Waals surface area contributed by atoms with E-state index in [2.05, 4.69) is 48.3 Å². The van der Waals surface area contributed by atoms with Gasteiger partial charge in [-0.3, -0.25) is 4.90 Å². The lowest BCUT2D eigenvalue weighted by Crippen LogP contribution is -2.49. The first-order valence-electron chi connectivity index (χ1n) is 8.73. The van der Waals surface area contributed by atoms with E-state index in [1.54, 1.807) is 0 Å². The predicted molar refractivity (Wildman–Crippen MR) is 89.6 cm³/mol. The summed E-state index contributed by atoms with van der Waals surface area (Å²) in [6.45, 7) is 9.31. The average molecular weight is 286 g/mol. The Labute approximate surface area is 129 Å². The van der Waals surface area contributed by atoms with Crippen LogP contribution in [0.3, 0.4) is 0 Å². The number of rotatable bonds is 3. The highest BCUT2D eigenvalue weighted by molar-refractivity contribution is 5.24. The second-order valence-corrected chi connectivity index (χ2v) is 7.37. The highest BCUT2D eigenvalue weighted by Crippen LogP contribution is 2.32. The van der Waals surface area contributed by atoms with E-state index >= 15 is 0 Å². The van der Waals surface area contributed by atoms with Crippen LogP contribution >= 0.6 is 0 Å². The van der Waals surface area contributed by atoms with Gasteiger partial charge in [0.15, 0.2) is 0 Å². The summed E-state index contributed by atoms with van der Waals surface area (Å²) in [5.41, 5.74) is 3.34. The van der Waals surface area contributed by atoms with Crippen LogP contribution in [0.4, 0.5) is 0 Å². The lowest BCUT2D eigenvalue weighted by Gasteiger charge is -2.33. The van der Waals surface area contributed by atoms with Gasteiger partial charge in [-0.05, 0) is 49.4 Å². The molecule has 0 bridgehead atoms. The van der Waals surface area contributed by atoms with Crippen molar-refractivity contribution < 1.29 is 0 Å². The van der Waals surface area contributed by atoms with Crippen molar-refractivity contribution in [3.8, 4) is 0 Å². The second kappa shape index (κ2) is 6.50. The Kier molecular flexibility index (Phi) is 4.66. The van der Waals surface area contributed by atoms with E-state index in [0.717, 1.165) is 6.54 Å². The summed E-state index contributed by atoms with van der Waals surface area (Å²) < 4.78 is 0. The van der Waals surface area contributed by atoms with Crippen LogP contribution in [-0.4, -0.2) is 30.1 Å². The maximum atomic E-state index is 3.86. The Morgan fingerprint density at radius 2 is 1.81 bits per heavy atom. The first-order valence-corrected chi connectivity index (χ1v) is 8.73. The van der Waals surface area contributed by atoms with Gasteiger partial charge in [0.05, 0.1) is 0 Å². The lowest BCUT2D eigenvalue weighted by molar-refractivity contribution is 0.203. The molecule has 1 spiro atoms. The standard InChI is InChI=1S/C19H30N2/c1-16(2)18-8-6-17(7-9-18)14-21-13-5-12-20-19(15-21)10-3-4-11-19/h6-9,16,20H,3-5,10-15H2,1-2H3. The van der Waals surface area contributed by atoms with Crippen molar-refractivity contribution in [1.29, 1.82) is 0 Å². The molecule has 2 fully saturated rings. The van der Waals surface area contributed by atoms with Gasteiger partial charge in [0, 0.05) is 18.6 Å². The molecule has 2 nitrogen and oxygen atoms in total. The fraction of sp³-hybridized carbons (Fsp3) is 0.684. The van der Waals surface area contributed by atoms with Crippen LogP contribution in [0, 0.1) is 0 Å². The van der Waals surface area contributed by atoms with Gasteiger partial charge >= 0.3 is 0 Å². The van der Waals surface area contributed by atoms with E-state index in [9.17, 15) is 0 Å². The monoisotopic (exact) mass is 286 g/mol. The third kappa shape index (κ3) is 3.67. The van der Waals surface area contributed by atoms with Crippen LogP contribution in [-0.2, 0) is 6.54 Å². The minimum absolute atomic E-state index is 0.425. The maximum absolute atomic E-state index is 3.86. The normalized spacial score (nSPS) is 22.8. The molecule has 1 aliphatic heterocycles. The average Bonchev–Trinajstić information content (AvgIpc) is 2.83. The Morgan fingerprint density at radius 1 is 1.10 bits per heavy atom. The summed E-state index contributed by atoms with van der Waals surface area (Å²) in [4.78, 5) is 2.68. The first kappa shape index (κ1) is 15.1. The molecule has 3 rings (SSSR count). The maximum Gasteiger partial charge on any atom is 0.0308 e. The van der Waals surface area contributed by atoms with Gasteiger partial charge in [-0.2, -0.15) is 0 Å². The zero-order valence-corrected chi connectivity index (χ0v) is 13.7. The third-order valence-corrected chi connectivity index (χ3v) is 5.29. The SMILES string of the molecule is CC(C)c1ccc(CN2CCCNC3(CCCC3)C2)cc1. The molecular weight excluding hydrogens is 256 g/mol. The molecular formula is C19H30N2. The van der Waals surface area contributed by atoms with E-state index in [0.29, 0.717) is 11.5 Å². The van der Waals surface area contributed by atoms with Crippen molar-refractivity contribution in [2.24, 2.45) is 0 Å². The van der Waals surface area contributed by atoms with Crippen molar-refractivity contribution in [3.05, 3.63) is 35.4 Å². The summed E-state index contributed by atoms with van der Waals surface area (Å²) in [6, 6.07) is 9.27. The Balaban J connectivity index is 1.65. The molecule has 1 aromatic rings. The number of nitrogens with one attached hydrogen (secondary N) is 1. The molecule has 1 aliphatic carbocycles. The molecule has 1 heterocycles. The zero-order valence-electron chi connectivity index (χ0n) is 13.7. The smallest absolute Gasteiger partial charge is 0.0308 e. The summed E-state index contributed by atoms with van der Waals surface area (Å²) in [6.07, 6.45) is 6.84. The number of nitrogens with zero attached hydrogens (tertiary/aromatic N) is 1. The molecule has 2 aliphatic rings. The molecule has 0 atom stereocenters. The molecule has 1 aromatic carbocycles. The van der Waals surface area contributed by atoms with Crippen molar-refractivity contribution in [1.82, 2.24) is 10.2 Å². The topological polar surface area (TPSA) is 15.3 Å². The van der Waals surface area contributed by atoms with Gasteiger partial charge in [0.25, 0.3) is 0 Å². The van der Waals surface area contributed by atoms with E-state index in [1.807, 2.05) is 0 Å². The van der Waals surface area contributed by atoms with E-state index in [4.69, 9.17) is 0 Å². The molecule has 1 saturated heterocycles. The van der Waals surface area contributed by atoms with Crippen LogP contribution in [0.1, 0.15) is 63.0 Å². The molecule has 0 radical (unpaired) electrons. The van der Waals surface area contributed by atoms with E-state index in [-0.39, 0.29) is 0 Å². The fourth-order valence-corrected chi connectivity index (χ4v) is 4.01. The Morgan fingerprint density at radius 3 is 2.48 bits per heavy atom. The van der Waals surface area contributed by atoms with E-state index < -0.39 is 0 Å². The Hall–Kier alpha value is -0.860. The van der Waals surface area contributed by atoms with Crippen molar-refractivity contribution in [2.75, 3.05) is 19.6 Å². The Bertz CT molecular complexity index is 443. The van der Waals surface area contributed by atoms with Crippen molar-refractivity contribution in [2.45, 2.75) is 64.0 Å². The highest BCUT2D eigenvalue weighted by Gasteiger charge is 2.36. The molecule has 2 heteroatoms. The molecule has 1 saturated carbocycles. The van der Waals surface area contributed by atoms with Gasteiger partial charge in [-0.1, -0.05) is 51.0 Å². The van der Waals surface area contributed by atoms with Crippen LogP contribution < -0.4 is 5.32 Å². The van der Waals surface area contributed by atoms with Crippen molar-refractivity contribution >= 4 is 0 Å². The predicted octanol–water partition coefficient (Wildman–Crippen LogP) is 3.92. The van der Waals surface area contributed by atoms with Crippen LogP contribution in [0.15, 0.2) is 24.3 Å². The lowest BCUT2D eigenvalue weighted by atomic mass is 9.97. The molecule has 0 unspecified atom stereocenters. The first-order chi connectivity index (χ1) is 10.2. The van der Waals surface area contributed by atoms with Gasteiger partial charge in [0.2, 0.25) is 0 Å². The summed E-state index contributed by atoms with van der Waals surface area (Å²) in [5, 5.41) is 3.86. The molecule has 21 heavy (non-hydrogen) atoms. The fourth-order valence-electron chi connectivity index (χ4n) is 4.01. The minimum Gasteiger partial charge on any atom is -0.310 e. The van der Waals surface area contributed by atoms with Crippen LogP contribution in [0.25, 0.3) is 0 Å². The summed E-state index contributed by atoms with van der Waals surface area (Å²) >= 11 is 0. The van der Waals surface area contributed by atoms with Crippen LogP contribution in [0.2, 0.25) is 0 Å². The molecule has 1 N–H and O–H groups in total. The third-order valence-electron chi connectivity index (χ3n) is 5.29. The van der Waals surface area contributed by atoms with Crippen molar-refractivity contribution in [3.63, 3.8) is 0 Å². The molecule has 116 valence electrons. The zero-order chi connectivity index (χ0) is 14.7. The summed E-state index contributed by atoms with van der Waals surface area (Å²) in [7, 11) is 0. The quantitative estimate of drug-likeness (QED) is 0.906. The minimum atomic E-state index is 0.425. The highest BCUT2D eigenvalue weighted by atomic mass is 15.2. The van der Waals surface area contributed by atoms with Gasteiger partial charge in [-0.15, -0.1) is 0 Å². The number of hydrogen-bond acceptors (Lipinski definition) is 2.